The van der Waals surface area contributed by atoms with Crippen LogP contribution in [0.3, 0.4) is 0 Å². The molecule has 0 saturated carbocycles. The molecule has 0 radical (unpaired) electrons. The van der Waals surface area contributed by atoms with Gasteiger partial charge in [0.05, 0.1) is 5.92 Å². The summed E-state index contributed by atoms with van der Waals surface area (Å²) in [5.41, 5.74) is 0. The fourth-order valence-electron chi connectivity index (χ4n) is 2.34. The first-order chi connectivity index (χ1) is 9.49. The number of rotatable bonds is 7. The number of nitrogens with one attached hydrogen (secondary N) is 3. The molecule has 0 aromatic carbocycles. The summed E-state index contributed by atoms with van der Waals surface area (Å²) in [4.78, 5) is 22.5. The molecule has 0 bridgehead atoms. The quantitative estimate of drug-likeness (QED) is 0.568. The maximum atomic E-state index is 11.8. The number of urea groups is 1. The zero-order valence-corrected chi connectivity index (χ0v) is 12.4. The number of piperidine rings is 1. The highest BCUT2D eigenvalue weighted by molar-refractivity contribution is 5.74. The van der Waals surface area contributed by atoms with Crippen LogP contribution >= 0.6 is 0 Å². The standard InChI is InChI=1S/C14H27N3O3/c1-10(13(18)19)4-3-5-11(2)16-14(20)17-12-6-8-15-9-7-12/h10-12,15H,3-9H2,1-2H3,(H,18,19)(H2,16,17,20). The number of hydrogen-bond donors (Lipinski definition) is 4. The van der Waals surface area contributed by atoms with E-state index in [-0.39, 0.29) is 24.0 Å². The maximum absolute atomic E-state index is 11.8. The van der Waals surface area contributed by atoms with E-state index in [0.717, 1.165) is 38.8 Å². The second-order valence-electron chi connectivity index (χ2n) is 5.71. The van der Waals surface area contributed by atoms with Crippen molar-refractivity contribution in [2.75, 3.05) is 13.1 Å². The van der Waals surface area contributed by atoms with Crippen molar-refractivity contribution in [3.05, 3.63) is 0 Å². The largest absolute Gasteiger partial charge is 0.481 e. The van der Waals surface area contributed by atoms with E-state index in [1.807, 2.05) is 6.92 Å². The smallest absolute Gasteiger partial charge is 0.315 e. The van der Waals surface area contributed by atoms with Crippen LogP contribution < -0.4 is 16.0 Å². The number of amides is 2. The molecule has 0 aromatic rings. The molecule has 2 atom stereocenters. The van der Waals surface area contributed by atoms with Gasteiger partial charge in [-0.1, -0.05) is 13.3 Å². The van der Waals surface area contributed by atoms with Gasteiger partial charge < -0.3 is 21.1 Å². The van der Waals surface area contributed by atoms with Crippen LogP contribution in [0.2, 0.25) is 0 Å². The molecular weight excluding hydrogens is 258 g/mol. The van der Waals surface area contributed by atoms with Crippen molar-refractivity contribution in [1.82, 2.24) is 16.0 Å². The number of carbonyl (C=O) groups excluding carboxylic acids is 1. The molecule has 6 heteroatoms. The SMILES string of the molecule is CC(CCCC(C)C(=O)O)NC(=O)NC1CCNCC1. The molecular formula is C14H27N3O3. The molecule has 1 aliphatic heterocycles. The lowest BCUT2D eigenvalue weighted by Crippen LogP contribution is -2.48. The molecule has 0 spiro atoms. The van der Waals surface area contributed by atoms with E-state index in [4.69, 9.17) is 5.11 Å². The third-order valence-corrected chi connectivity index (χ3v) is 3.75. The number of hydrogen-bond acceptors (Lipinski definition) is 3. The van der Waals surface area contributed by atoms with E-state index >= 15 is 0 Å². The molecule has 1 rings (SSSR count). The van der Waals surface area contributed by atoms with Crippen LogP contribution in [0.25, 0.3) is 0 Å². The van der Waals surface area contributed by atoms with Crippen LogP contribution in [0.4, 0.5) is 4.79 Å². The summed E-state index contributed by atoms with van der Waals surface area (Å²) in [5.74, 6) is -1.07. The normalized spacial score (nSPS) is 19.1. The summed E-state index contributed by atoms with van der Waals surface area (Å²) in [7, 11) is 0. The Morgan fingerprint density at radius 3 is 2.50 bits per heavy atom. The van der Waals surface area contributed by atoms with Gasteiger partial charge in [-0.05, 0) is 45.7 Å². The lowest BCUT2D eigenvalue weighted by atomic mass is 10.0. The van der Waals surface area contributed by atoms with Crippen LogP contribution in [-0.2, 0) is 4.79 Å². The van der Waals surface area contributed by atoms with Gasteiger partial charge in [0.2, 0.25) is 0 Å². The molecule has 1 aliphatic rings. The average molecular weight is 285 g/mol. The van der Waals surface area contributed by atoms with Gasteiger partial charge in [0.1, 0.15) is 0 Å². The zero-order valence-electron chi connectivity index (χ0n) is 12.4. The molecule has 1 heterocycles. The van der Waals surface area contributed by atoms with Crippen LogP contribution in [0, 0.1) is 5.92 Å². The van der Waals surface area contributed by atoms with Gasteiger partial charge in [0.25, 0.3) is 0 Å². The third kappa shape index (κ3) is 6.75. The molecule has 1 fully saturated rings. The predicted molar refractivity (Wildman–Crippen MR) is 77.7 cm³/mol. The molecule has 6 nitrogen and oxygen atoms in total. The lowest BCUT2D eigenvalue weighted by Gasteiger charge is -2.25. The summed E-state index contributed by atoms with van der Waals surface area (Å²) in [6.45, 7) is 5.57. The third-order valence-electron chi connectivity index (χ3n) is 3.75. The monoisotopic (exact) mass is 285 g/mol. The molecule has 0 aromatic heterocycles. The van der Waals surface area contributed by atoms with Crippen LogP contribution in [-0.4, -0.2) is 42.3 Å². The fraction of sp³-hybridized carbons (Fsp3) is 0.857. The highest BCUT2D eigenvalue weighted by Gasteiger charge is 2.16. The summed E-state index contributed by atoms with van der Waals surface area (Å²) < 4.78 is 0. The number of aliphatic carboxylic acids is 1. The summed E-state index contributed by atoms with van der Waals surface area (Å²) in [5, 5.41) is 17.9. The minimum absolute atomic E-state index is 0.0673. The maximum Gasteiger partial charge on any atom is 0.315 e. The predicted octanol–water partition coefficient (Wildman–Crippen LogP) is 1.32. The van der Waals surface area contributed by atoms with Gasteiger partial charge in [-0.25, -0.2) is 4.79 Å². The van der Waals surface area contributed by atoms with Crippen molar-refractivity contribution < 1.29 is 14.7 Å². The Bertz CT molecular complexity index is 317. The minimum atomic E-state index is -0.755. The molecule has 20 heavy (non-hydrogen) atoms. The van der Waals surface area contributed by atoms with E-state index in [9.17, 15) is 9.59 Å². The van der Waals surface area contributed by atoms with E-state index in [1.54, 1.807) is 6.92 Å². The molecule has 4 N–H and O–H groups in total. The van der Waals surface area contributed by atoms with Gasteiger partial charge in [0, 0.05) is 12.1 Å². The first kappa shape index (κ1) is 16.8. The Morgan fingerprint density at radius 1 is 1.25 bits per heavy atom. The summed E-state index contributed by atoms with van der Waals surface area (Å²) >= 11 is 0. The fourth-order valence-corrected chi connectivity index (χ4v) is 2.34. The Labute approximate surface area is 120 Å². The van der Waals surface area contributed by atoms with E-state index in [2.05, 4.69) is 16.0 Å². The van der Waals surface area contributed by atoms with Gasteiger partial charge in [-0.3, -0.25) is 4.79 Å². The molecule has 2 amide bonds. The van der Waals surface area contributed by atoms with Gasteiger partial charge in [-0.15, -0.1) is 0 Å². The molecule has 0 aliphatic carbocycles. The highest BCUT2D eigenvalue weighted by atomic mass is 16.4. The van der Waals surface area contributed by atoms with Gasteiger partial charge in [-0.2, -0.15) is 0 Å². The Morgan fingerprint density at radius 2 is 1.90 bits per heavy atom. The lowest BCUT2D eigenvalue weighted by molar-refractivity contribution is -0.141. The van der Waals surface area contributed by atoms with E-state index in [1.165, 1.54) is 0 Å². The van der Waals surface area contributed by atoms with Crippen molar-refractivity contribution in [2.45, 2.75) is 58.0 Å². The number of carboxylic acid groups (broad SMARTS) is 1. The first-order valence-corrected chi connectivity index (χ1v) is 7.49. The van der Waals surface area contributed by atoms with Crippen molar-refractivity contribution in [3.63, 3.8) is 0 Å². The van der Waals surface area contributed by atoms with Gasteiger partial charge in [0.15, 0.2) is 0 Å². The number of carboxylic acids is 1. The number of carbonyl (C=O) groups is 2. The van der Waals surface area contributed by atoms with Crippen molar-refractivity contribution in [2.24, 2.45) is 5.92 Å². The van der Waals surface area contributed by atoms with E-state index in [0.29, 0.717) is 6.42 Å². The van der Waals surface area contributed by atoms with Crippen molar-refractivity contribution in [3.8, 4) is 0 Å². The highest BCUT2D eigenvalue weighted by Crippen LogP contribution is 2.09. The first-order valence-electron chi connectivity index (χ1n) is 7.49. The molecule has 116 valence electrons. The second-order valence-corrected chi connectivity index (χ2v) is 5.71. The van der Waals surface area contributed by atoms with Crippen LogP contribution in [0.15, 0.2) is 0 Å². The Hall–Kier alpha value is -1.30. The molecule has 2 unspecified atom stereocenters. The summed E-state index contributed by atoms with van der Waals surface area (Å²) in [6, 6.07) is 0.212. The summed E-state index contributed by atoms with van der Waals surface area (Å²) in [6.07, 6.45) is 4.20. The minimum Gasteiger partial charge on any atom is -0.481 e. The van der Waals surface area contributed by atoms with Gasteiger partial charge >= 0.3 is 12.0 Å². The zero-order chi connectivity index (χ0) is 15.0. The van der Waals surface area contributed by atoms with Crippen molar-refractivity contribution in [1.29, 1.82) is 0 Å². The Kier molecular flexibility index (Phi) is 7.36. The average Bonchev–Trinajstić information content (AvgIpc) is 2.39. The van der Waals surface area contributed by atoms with Crippen LogP contribution in [0.5, 0.6) is 0 Å². The molecule has 1 saturated heterocycles. The van der Waals surface area contributed by atoms with Crippen molar-refractivity contribution >= 4 is 12.0 Å². The van der Waals surface area contributed by atoms with E-state index < -0.39 is 5.97 Å². The topological polar surface area (TPSA) is 90.5 Å². The Balaban J connectivity index is 2.12. The second kappa shape index (κ2) is 8.79. The van der Waals surface area contributed by atoms with Crippen LogP contribution in [0.1, 0.15) is 46.0 Å².